The zero-order valence-electron chi connectivity index (χ0n) is 9.86. The molecule has 0 aliphatic carbocycles. The van der Waals surface area contributed by atoms with Gasteiger partial charge in [0.2, 0.25) is 0 Å². The van der Waals surface area contributed by atoms with E-state index in [1.54, 1.807) is 0 Å². The van der Waals surface area contributed by atoms with Gasteiger partial charge in [-0.05, 0) is 18.2 Å². The lowest BCUT2D eigenvalue weighted by atomic mass is 10.2. The molecule has 1 aromatic carbocycles. The van der Waals surface area contributed by atoms with Gasteiger partial charge in [0, 0.05) is 7.11 Å². The van der Waals surface area contributed by atoms with Gasteiger partial charge >= 0.3 is 12.3 Å². The summed E-state index contributed by atoms with van der Waals surface area (Å²) in [5.74, 6) is -2.09. The predicted octanol–water partition coefficient (Wildman–Crippen LogP) is 2.31. The number of methoxy groups -OCH3 is 1. The summed E-state index contributed by atoms with van der Waals surface area (Å²) in [5.41, 5.74) is -0.419. The van der Waals surface area contributed by atoms with Crippen LogP contribution in [0.5, 0.6) is 11.5 Å². The highest BCUT2D eigenvalue weighted by atomic mass is 19.4. The zero-order valence-corrected chi connectivity index (χ0v) is 9.86. The van der Waals surface area contributed by atoms with Crippen LogP contribution in [0.15, 0.2) is 18.2 Å². The van der Waals surface area contributed by atoms with Crippen molar-refractivity contribution in [2.45, 2.75) is 6.36 Å². The van der Waals surface area contributed by atoms with Crippen molar-refractivity contribution in [3.05, 3.63) is 23.8 Å². The Balaban J connectivity index is 2.91. The Hall–Kier alpha value is -1.96. The third-order valence-corrected chi connectivity index (χ3v) is 1.96. The number of alkyl halides is 3. The van der Waals surface area contributed by atoms with E-state index in [9.17, 15) is 18.0 Å². The van der Waals surface area contributed by atoms with E-state index in [0.717, 1.165) is 18.2 Å². The van der Waals surface area contributed by atoms with Gasteiger partial charge in [-0.25, -0.2) is 4.79 Å². The summed E-state index contributed by atoms with van der Waals surface area (Å²) in [5, 5.41) is 8.90. The molecule has 106 valence electrons. The molecule has 0 saturated heterocycles. The fourth-order valence-corrected chi connectivity index (χ4v) is 1.23. The van der Waals surface area contributed by atoms with Gasteiger partial charge in [0.25, 0.3) is 0 Å². The molecule has 0 amide bonds. The second kappa shape index (κ2) is 6.28. The Kier molecular flexibility index (Phi) is 4.99. The van der Waals surface area contributed by atoms with E-state index in [1.165, 1.54) is 7.11 Å². The van der Waals surface area contributed by atoms with Gasteiger partial charge in [-0.1, -0.05) is 0 Å². The van der Waals surface area contributed by atoms with E-state index < -0.39 is 23.6 Å². The Morgan fingerprint density at radius 3 is 2.53 bits per heavy atom. The molecule has 0 saturated carbocycles. The molecule has 0 aliphatic rings. The largest absolute Gasteiger partial charge is 0.573 e. The highest BCUT2D eigenvalue weighted by molar-refractivity contribution is 5.91. The predicted molar refractivity (Wildman–Crippen MR) is 57.5 cm³/mol. The average Bonchev–Trinajstić information content (AvgIpc) is 2.28. The van der Waals surface area contributed by atoms with Crippen LogP contribution in [0, 0.1) is 0 Å². The quantitative estimate of drug-likeness (QED) is 0.810. The van der Waals surface area contributed by atoms with Crippen LogP contribution >= 0.6 is 0 Å². The SMILES string of the molecule is COCCOc1ccc(OC(F)(F)F)cc1C(=O)O. The zero-order chi connectivity index (χ0) is 14.5. The second-order valence-corrected chi connectivity index (χ2v) is 3.35. The molecule has 0 bridgehead atoms. The molecule has 8 heteroatoms. The minimum Gasteiger partial charge on any atom is -0.490 e. The topological polar surface area (TPSA) is 65.0 Å². The summed E-state index contributed by atoms with van der Waals surface area (Å²) in [7, 11) is 1.43. The maximum atomic E-state index is 12.0. The molecular weight excluding hydrogens is 269 g/mol. The monoisotopic (exact) mass is 280 g/mol. The first-order valence-corrected chi connectivity index (χ1v) is 5.08. The molecule has 0 fully saturated rings. The lowest BCUT2D eigenvalue weighted by Gasteiger charge is -2.12. The summed E-state index contributed by atoms with van der Waals surface area (Å²) < 4.78 is 49.4. The van der Waals surface area contributed by atoms with Gasteiger partial charge in [-0.2, -0.15) is 0 Å². The third kappa shape index (κ3) is 5.04. The number of rotatable bonds is 6. The molecule has 0 atom stereocenters. The first-order valence-electron chi connectivity index (χ1n) is 5.08. The van der Waals surface area contributed by atoms with Crippen LogP contribution in [-0.2, 0) is 4.74 Å². The number of halogens is 3. The molecule has 0 aliphatic heterocycles. The van der Waals surface area contributed by atoms with E-state index in [-0.39, 0.29) is 19.0 Å². The molecule has 0 aromatic heterocycles. The van der Waals surface area contributed by atoms with Crippen LogP contribution in [0.25, 0.3) is 0 Å². The first kappa shape index (κ1) is 15.1. The van der Waals surface area contributed by atoms with Crippen LogP contribution in [0.3, 0.4) is 0 Å². The molecule has 0 radical (unpaired) electrons. The van der Waals surface area contributed by atoms with Crippen LogP contribution < -0.4 is 9.47 Å². The third-order valence-electron chi connectivity index (χ3n) is 1.96. The van der Waals surface area contributed by atoms with Crippen molar-refractivity contribution in [2.75, 3.05) is 20.3 Å². The van der Waals surface area contributed by atoms with Gasteiger partial charge in [0.05, 0.1) is 6.61 Å². The molecule has 0 unspecified atom stereocenters. The minimum atomic E-state index is -4.88. The maximum Gasteiger partial charge on any atom is 0.573 e. The molecule has 19 heavy (non-hydrogen) atoms. The number of carboxylic acid groups (broad SMARTS) is 1. The van der Waals surface area contributed by atoms with Gasteiger partial charge < -0.3 is 19.3 Å². The van der Waals surface area contributed by atoms with Crippen LogP contribution in [0.2, 0.25) is 0 Å². The number of aromatic carboxylic acids is 1. The van der Waals surface area contributed by atoms with E-state index >= 15 is 0 Å². The summed E-state index contributed by atoms with van der Waals surface area (Å²) in [6.07, 6.45) is -4.88. The Bertz CT molecular complexity index is 444. The second-order valence-electron chi connectivity index (χ2n) is 3.35. The molecule has 1 rings (SSSR count). The summed E-state index contributed by atoms with van der Waals surface area (Å²) >= 11 is 0. The van der Waals surface area contributed by atoms with Crippen LogP contribution in [-0.4, -0.2) is 37.8 Å². The van der Waals surface area contributed by atoms with Crippen LogP contribution in [0.4, 0.5) is 13.2 Å². The van der Waals surface area contributed by atoms with Crippen molar-refractivity contribution in [1.82, 2.24) is 0 Å². The van der Waals surface area contributed by atoms with Crippen molar-refractivity contribution in [1.29, 1.82) is 0 Å². The first-order chi connectivity index (χ1) is 8.83. The van der Waals surface area contributed by atoms with Crippen LogP contribution in [0.1, 0.15) is 10.4 Å². The Morgan fingerprint density at radius 1 is 1.32 bits per heavy atom. The molecule has 0 spiro atoms. The van der Waals surface area contributed by atoms with Gasteiger partial charge in [-0.3, -0.25) is 0 Å². The number of carboxylic acids is 1. The Morgan fingerprint density at radius 2 is 2.00 bits per heavy atom. The highest BCUT2D eigenvalue weighted by Gasteiger charge is 2.31. The number of hydrogen-bond acceptors (Lipinski definition) is 4. The number of benzene rings is 1. The van der Waals surface area contributed by atoms with Crippen molar-refractivity contribution >= 4 is 5.97 Å². The van der Waals surface area contributed by atoms with Crippen molar-refractivity contribution in [2.24, 2.45) is 0 Å². The lowest BCUT2D eigenvalue weighted by molar-refractivity contribution is -0.274. The van der Waals surface area contributed by atoms with Crippen molar-refractivity contribution < 1.29 is 37.3 Å². The summed E-state index contributed by atoms with van der Waals surface area (Å²) in [6, 6.07) is 2.82. The van der Waals surface area contributed by atoms with E-state index in [0.29, 0.717) is 0 Å². The normalized spacial score (nSPS) is 11.2. The van der Waals surface area contributed by atoms with E-state index in [4.69, 9.17) is 14.6 Å². The van der Waals surface area contributed by atoms with Crippen molar-refractivity contribution in [3.63, 3.8) is 0 Å². The Labute approximate surface area is 106 Å². The number of carbonyl (C=O) groups is 1. The summed E-state index contributed by atoms with van der Waals surface area (Å²) in [4.78, 5) is 10.9. The summed E-state index contributed by atoms with van der Waals surface area (Å²) in [6.45, 7) is 0.302. The fraction of sp³-hybridized carbons (Fsp3) is 0.364. The average molecular weight is 280 g/mol. The number of hydrogen-bond donors (Lipinski definition) is 1. The van der Waals surface area contributed by atoms with Gasteiger partial charge in [-0.15, -0.1) is 13.2 Å². The standard InChI is InChI=1S/C11H11F3O5/c1-17-4-5-18-9-3-2-7(19-11(12,13)14)6-8(9)10(15)16/h2-3,6H,4-5H2,1H3,(H,15,16). The highest BCUT2D eigenvalue weighted by Crippen LogP contribution is 2.28. The molecule has 0 heterocycles. The van der Waals surface area contributed by atoms with E-state index in [2.05, 4.69) is 4.74 Å². The molecular formula is C11H11F3O5. The van der Waals surface area contributed by atoms with Gasteiger partial charge in [0.1, 0.15) is 23.7 Å². The molecule has 1 aromatic rings. The lowest BCUT2D eigenvalue weighted by Crippen LogP contribution is -2.17. The van der Waals surface area contributed by atoms with Crippen molar-refractivity contribution in [3.8, 4) is 11.5 Å². The number of ether oxygens (including phenoxy) is 3. The minimum absolute atomic E-state index is 0.0564. The fourth-order valence-electron chi connectivity index (χ4n) is 1.23. The van der Waals surface area contributed by atoms with Gasteiger partial charge in [0.15, 0.2) is 0 Å². The molecule has 5 nitrogen and oxygen atoms in total. The smallest absolute Gasteiger partial charge is 0.490 e. The van der Waals surface area contributed by atoms with E-state index in [1.807, 2.05) is 0 Å². The maximum absolute atomic E-state index is 12.0. The molecule has 1 N–H and O–H groups in total.